The van der Waals surface area contributed by atoms with Gasteiger partial charge in [-0.3, -0.25) is 0 Å². The second-order valence-electron chi connectivity index (χ2n) is 3.24. The minimum atomic E-state index is -5.89. The lowest BCUT2D eigenvalue weighted by Gasteiger charge is -2.12. The fraction of sp³-hybridized carbons (Fsp3) is 0.222. The third kappa shape index (κ3) is 2.73. The Hall–Kier alpha value is -1.77. The van der Waals surface area contributed by atoms with E-state index in [0.29, 0.717) is 0 Å². The summed E-state index contributed by atoms with van der Waals surface area (Å²) in [6.45, 7) is 1.30. The Kier molecular flexibility index (Phi) is 3.56. The number of rotatable bonds is 3. The Morgan fingerprint density at radius 2 is 1.89 bits per heavy atom. The summed E-state index contributed by atoms with van der Waals surface area (Å²) in [6.07, 6.45) is 0. The van der Waals surface area contributed by atoms with Gasteiger partial charge in [-0.1, -0.05) is 12.1 Å². The number of hydrogen-bond acceptors (Lipinski definition) is 4. The molecule has 18 heavy (non-hydrogen) atoms. The van der Waals surface area contributed by atoms with E-state index in [9.17, 15) is 26.4 Å². The van der Waals surface area contributed by atoms with Gasteiger partial charge in [0.05, 0.1) is 0 Å². The lowest BCUT2D eigenvalue weighted by molar-refractivity contribution is -0.0500. The summed E-state index contributed by atoms with van der Waals surface area (Å²) in [7, 11) is -5.89. The zero-order valence-corrected chi connectivity index (χ0v) is 9.67. The van der Waals surface area contributed by atoms with Crippen molar-refractivity contribution < 1.29 is 35.7 Å². The van der Waals surface area contributed by atoms with Gasteiger partial charge in [0.25, 0.3) is 0 Å². The normalized spacial score (nSPS) is 12.2. The largest absolute Gasteiger partial charge is 0.534 e. The summed E-state index contributed by atoms with van der Waals surface area (Å²) in [5, 5.41) is 8.79. The Balaban J connectivity index is 3.30. The predicted molar refractivity (Wildman–Crippen MR) is 53.7 cm³/mol. The van der Waals surface area contributed by atoms with E-state index < -0.39 is 32.9 Å². The number of carbonyl (C=O) groups is 1. The van der Waals surface area contributed by atoms with Crippen molar-refractivity contribution in [2.24, 2.45) is 0 Å². The third-order valence-electron chi connectivity index (χ3n) is 1.93. The second-order valence-corrected chi connectivity index (χ2v) is 4.77. The SMILES string of the molecule is Cc1cccc(OS(=O)(=O)C(F)(F)F)c1C(=O)O. The Labute approximate surface area is 99.9 Å². The lowest BCUT2D eigenvalue weighted by Crippen LogP contribution is -2.28. The Morgan fingerprint density at radius 1 is 1.33 bits per heavy atom. The van der Waals surface area contributed by atoms with Gasteiger partial charge < -0.3 is 9.29 Å². The van der Waals surface area contributed by atoms with Gasteiger partial charge in [-0.2, -0.15) is 21.6 Å². The van der Waals surface area contributed by atoms with Crippen molar-refractivity contribution in [2.75, 3.05) is 0 Å². The van der Waals surface area contributed by atoms with E-state index in [-0.39, 0.29) is 5.56 Å². The standard InChI is InChI=1S/C9H7F3O5S/c1-5-3-2-4-6(7(5)8(13)14)17-18(15,16)9(10,11)12/h2-4H,1H3,(H,13,14). The highest BCUT2D eigenvalue weighted by Gasteiger charge is 2.49. The van der Waals surface area contributed by atoms with Crippen LogP contribution in [-0.4, -0.2) is 25.0 Å². The molecule has 9 heteroatoms. The Morgan fingerprint density at radius 3 is 2.33 bits per heavy atom. The van der Waals surface area contributed by atoms with E-state index in [1.165, 1.54) is 19.1 Å². The monoisotopic (exact) mass is 284 g/mol. The summed E-state index contributed by atoms with van der Waals surface area (Å²) >= 11 is 0. The van der Waals surface area contributed by atoms with Crippen molar-refractivity contribution in [3.8, 4) is 5.75 Å². The summed E-state index contributed by atoms with van der Waals surface area (Å²) in [5.41, 5.74) is -6.17. The number of alkyl halides is 3. The van der Waals surface area contributed by atoms with Crippen LogP contribution in [0.3, 0.4) is 0 Å². The molecule has 100 valence electrons. The molecule has 1 N–H and O–H groups in total. The molecule has 0 unspecified atom stereocenters. The molecule has 0 fully saturated rings. The smallest absolute Gasteiger partial charge is 0.478 e. The van der Waals surface area contributed by atoms with Gasteiger partial charge in [0, 0.05) is 0 Å². The number of aromatic carboxylic acids is 1. The van der Waals surface area contributed by atoms with E-state index in [2.05, 4.69) is 4.18 Å². The summed E-state index contributed by atoms with van der Waals surface area (Å²) in [4.78, 5) is 10.8. The van der Waals surface area contributed by atoms with Crippen molar-refractivity contribution >= 4 is 16.1 Å². The maximum Gasteiger partial charge on any atom is 0.534 e. The fourth-order valence-electron chi connectivity index (χ4n) is 1.15. The van der Waals surface area contributed by atoms with Crippen LogP contribution in [0.15, 0.2) is 18.2 Å². The molecule has 1 rings (SSSR count). The molecule has 0 spiro atoms. The minimum absolute atomic E-state index is 0.0809. The van der Waals surface area contributed by atoms with Crippen LogP contribution in [0.5, 0.6) is 5.75 Å². The highest BCUT2D eigenvalue weighted by atomic mass is 32.2. The molecule has 0 aliphatic carbocycles. The van der Waals surface area contributed by atoms with Crippen molar-refractivity contribution in [1.29, 1.82) is 0 Å². The second kappa shape index (κ2) is 4.48. The van der Waals surface area contributed by atoms with Crippen molar-refractivity contribution in [3.63, 3.8) is 0 Å². The molecule has 1 aromatic carbocycles. The zero-order valence-electron chi connectivity index (χ0n) is 8.85. The van der Waals surface area contributed by atoms with Crippen molar-refractivity contribution in [2.45, 2.75) is 12.4 Å². The summed E-state index contributed by atoms with van der Waals surface area (Å²) < 4.78 is 61.6. The lowest BCUT2D eigenvalue weighted by atomic mass is 10.1. The molecule has 0 heterocycles. The number of aryl methyl sites for hydroxylation is 1. The first-order valence-corrected chi connectivity index (χ1v) is 5.81. The third-order valence-corrected chi connectivity index (χ3v) is 2.90. The van der Waals surface area contributed by atoms with Crippen molar-refractivity contribution in [3.05, 3.63) is 29.3 Å². The predicted octanol–water partition coefficient (Wildman–Crippen LogP) is 1.92. The minimum Gasteiger partial charge on any atom is -0.478 e. The fourth-order valence-corrected chi connectivity index (χ4v) is 1.62. The number of carboxylic acids is 1. The van der Waals surface area contributed by atoms with Crippen LogP contribution in [-0.2, 0) is 10.1 Å². The Bertz CT molecular complexity index is 576. The van der Waals surface area contributed by atoms with Gasteiger partial charge >= 0.3 is 21.6 Å². The van der Waals surface area contributed by atoms with Crippen LogP contribution in [0.4, 0.5) is 13.2 Å². The zero-order chi connectivity index (χ0) is 14.1. The van der Waals surface area contributed by atoms with Gasteiger partial charge in [-0.05, 0) is 18.6 Å². The molecule has 0 aliphatic rings. The molecule has 1 aromatic rings. The molecule has 0 amide bonds. The molecular weight excluding hydrogens is 277 g/mol. The average Bonchev–Trinajstić information content (AvgIpc) is 2.14. The van der Waals surface area contributed by atoms with E-state index in [0.717, 1.165) is 6.07 Å². The quantitative estimate of drug-likeness (QED) is 0.677. The van der Waals surface area contributed by atoms with Gasteiger partial charge in [-0.25, -0.2) is 4.79 Å². The van der Waals surface area contributed by atoms with Gasteiger partial charge in [0.15, 0.2) is 5.75 Å². The first-order valence-electron chi connectivity index (χ1n) is 4.40. The van der Waals surface area contributed by atoms with E-state index in [1.54, 1.807) is 0 Å². The summed E-state index contributed by atoms with van der Waals surface area (Å²) in [6, 6.07) is 3.32. The molecule has 5 nitrogen and oxygen atoms in total. The first kappa shape index (κ1) is 14.3. The number of carboxylic acid groups (broad SMARTS) is 1. The molecule has 0 aliphatic heterocycles. The number of halogens is 3. The maximum absolute atomic E-state index is 12.1. The average molecular weight is 284 g/mol. The molecule has 0 saturated heterocycles. The van der Waals surface area contributed by atoms with Crippen LogP contribution in [0.2, 0.25) is 0 Å². The number of hydrogen-bond donors (Lipinski definition) is 1. The molecule has 0 aromatic heterocycles. The van der Waals surface area contributed by atoms with Crippen LogP contribution in [0, 0.1) is 6.92 Å². The maximum atomic E-state index is 12.1. The molecule has 0 atom stereocenters. The highest BCUT2D eigenvalue weighted by Crippen LogP contribution is 2.30. The molecular formula is C9H7F3O5S. The van der Waals surface area contributed by atoms with Gasteiger partial charge in [-0.15, -0.1) is 0 Å². The van der Waals surface area contributed by atoms with E-state index in [1.807, 2.05) is 0 Å². The van der Waals surface area contributed by atoms with Crippen molar-refractivity contribution in [1.82, 2.24) is 0 Å². The van der Waals surface area contributed by atoms with Crippen LogP contribution < -0.4 is 4.18 Å². The molecule has 0 radical (unpaired) electrons. The topological polar surface area (TPSA) is 80.7 Å². The van der Waals surface area contributed by atoms with Crippen LogP contribution in [0.1, 0.15) is 15.9 Å². The van der Waals surface area contributed by atoms with E-state index >= 15 is 0 Å². The first-order chi connectivity index (χ1) is 8.06. The van der Waals surface area contributed by atoms with Gasteiger partial charge in [0.1, 0.15) is 5.56 Å². The number of benzene rings is 1. The highest BCUT2D eigenvalue weighted by molar-refractivity contribution is 7.88. The van der Waals surface area contributed by atoms with Crippen LogP contribution in [0.25, 0.3) is 0 Å². The summed E-state index contributed by atoms with van der Waals surface area (Å²) in [5.74, 6) is -2.46. The van der Waals surface area contributed by atoms with Gasteiger partial charge in [0.2, 0.25) is 0 Å². The molecule has 0 bridgehead atoms. The molecule has 0 saturated carbocycles. The van der Waals surface area contributed by atoms with Crippen LogP contribution >= 0.6 is 0 Å². The van der Waals surface area contributed by atoms with E-state index in [4.69, 9.17) is 5.11 Å².